The summed E-state index contributed by atoms with van der Waals surface area (Å²) in [7, 11) is 1.71. The van der Waals surface area contributed by atoms with Gasteiger partial charge in [0.1, 0.15) is 11.7 Å². The molecule has 50 heavy (non-hydrogen) atoms. The van der Waals surface area contributed by atoms with Gasteiger partial charge in [-0.05, 0) is 72.2 Å². The fourth-order valence-electron chi connectivity index (χ4n) is 5.93. The van der Waals surface area contributed by atoms with E-state index in [2.05, 4.69) is 19.8 Å². The highest BCUT2D eigenvalue weighted by atomic mass is 32.2. The largest absolute Gasteiger partial charge is 0.416 e. The van der Waals surface area contributed by atoms with Crippen molar-refractivity contribution in [2.75, 3.05) is 13.6 Å². The van der Waals surface area contributed by atoms with E-state index in [0.717, 1.165) is 53.1 Å². The van der Waals surface area contributed by atoms with Gasteiger partial charge in [0, 0.05) is 43.2 Å². The van der Waals surface area contributed by atoms with Gasteiger partial charge in [0.25, 0.3) is 5.56 Å². The Morgan fingerprint density at radius 3 is 2.24 bits per heavy atom. The van der Waals surface area contributed by atoms with E-state index in [9.17, 15) is 27.2 Å². The predicted molar refractivity (Wildman–Crippen MR) is 189 cm³/mol. The summed E-state index contributed by atoms with van der Waals surface area (Å²) in [6.07, 6.45) is 0.553. The van der Waals surface area contributed by atoms with Crippen LogP contribution in [0, 0.1) is 5.82 Å². The number of aliphatic imine (C=N–C) groups is 1. The van der Waals surface area contributed by atoms with Crippen LogP contribution < -0.4 is 10.9 Å². The Labute approximate surface area is 293 Å². The Morgan fingerprint density at radius 2 is 1.64 bits per heavy atom. The van der Waals surface area contributed by atoms with E-state index in [4.69, 9.17) is 4.99 Å². The molecule has 4 aromatic rings. The van der Waals surface area contributed by atoms with Gasteiger partial charge in [-0.25, -0.2) is 4.39 Å². The summed E-state index contributed by atoms with van der Waals surface area (Å²) in [6, 6.07) is 18.9. The number of nitrogens with one attached hydrogen (secondary N) is 1. The zero-order valence-corrected chi connectivity index (χ0v) is 29.0. The molecule has 1 heterocycles. The van der Waals surface area contributed by atoms with Crippen LogP contribution in [0.5, 0.6) is 0 Å². The number of nitrogens with zero attached hydrogens (tertiary/aromatic N) is 4. The number of rotatable bonds is 12. The summed E-state index contributed by atoms with van der Waals surface area (Å²) in [5.74, 6) is 0.678. The van der Waals surface area contributed by atoms with Crippen molar-refractivity contribution in [3.8, 4) is 11.1 Å². The van der Waals surface area contributed by atoms with E-state index in [1.54, 1.807) is 19.2 Å². The SMILES string of the molecule is CC/C=C(\CNC(C)=O)N(Cc1ccc(-c2ccc(C(F)(F)F)cc2)cc1)C(Cn1c(SCc2ccc(F)cc2)nc(=O)c2c1CCC2)=NC. The molecule has 0 aliphatic heterocycles. The molecule has 1 aromatic heterocycles. The first-order valence-electron chi connectivity index (χ1n) is 16.4. The van der Waals surface area contributed by atoms with Crippen LogP contribution >= 0.6 is 11.8 Å². The molecule has 7 nitrogen and oxygen atoms in total. The van der Waals surface area contributed by atoms with Crippen LogP contribution in [0.1, 0.15) is 54.6 Å². The van der Waals surface area contributed by atoms with E-state index >= 15 is 0 Å². The van der Waals surface area contributed by atoms with Gasteiger partial charge in [-0.1, -0.05) is 73.3 Å². The normalized spacial score (nSPS) is 13.3. The number of halogens is 4. The summed E-state index contributed by atoms with van der Waals surface area (Å²) in [5, 5.41) is 3.46. The zero-order valence-electron chi connectivity index (χ0n) is 28.2. The second-order valence-corrected chi connectivity index (χ2v) is 12.9. The molecule has 0 spiro atoms. The minimum absolute atomic E-state index is 0.176. The summed E-state index contributed by atoms with van der Waals surface area (Å²) < 4.78 is 54.9. The minimum atomic E-state index is -4.40. The molecule has 0 saturated heterocycles. The van der Waals surface area contributed by atoms with Crippen molar-refractivity contribution in [3.05, 3.63) is 129 Å². The number of amidine groups is 1. The molecule has 1 aliphatic carbocycles. The molecule has 1 N–H and O–H groups in total. The molecule has 12 heteroatoms. The van der Waals surface area contributed by atoms with Crippen LogP contribution in [0.3, 0.4) is 0 Å². The highest BCUT2D eigenvalue weighted by Gasteiger charge is 2.30. The lowest BCUT2D eigenvalue weighted by molar-refractivity contribution is -0.137. The maximum Gasteiger partial charge on any atom is 0.416 e. The zero-order chi connectivity index (χ0) is 35.8. The number of alkyl halides is 3. The second kappa shape index (κ2) is 16.3. The highest BCUT2D eigenvalue weighted by molar-refractivity contribution is 7.98. The van der Waals surface area contributed by atoms with Gasteiger partial charge in [0.2, 0.25) is 5.91 Å². The van der Waals surface area contributed by atoms with Gasteiger partial charge < -0.3 is 14.8 Å². The van der Waals surface area contributed by atoms with Crippen molar-refractivity contribution >= 4 is 23.5 Å². The van der Waals surface area contributed by atoms with Crippen LogP contribution in [-0.2, 0) is 42.7 Å². The molecule has 0 saturated carbocycles. The average molecular weight is 706 g/mol. The molecule has 262 valence electrons. The maximum atomic E-state index is 13.6. The summed E-state index contributed by atoms with van der Waals surface area (Å²) in [5.41, 5.74) is 4.80. The third-order valence-corrected chi connectivity index (χ3v) is 9.54. The maximum absolute atomic E-state index is 13.6. The molecule has 0 atom stereocenters. The number of fused-ring (bicyclic) bond motifs is 1. The third-order valence-electron chi connectivity index (χ3n) is 8.50. The predicted octanol–water partition coefficient (Wildman–Crippen LogP) is 7.81. The molecule has 0 unspecified atom stereocenters. The van der Waals surface area contributed by atoms with Crippen LogP contribution in [0.15, 0.2) is 99.5 Å². The first-order chi connectivity index (χ1) is 24.0. The first-order valence-corrected chi connectivity index (χ1v) is 17.4. The molecule has 0 radical (unpaired) electrons. The van der Waals surface area contributed by atoms with Crippen molar-refractivity contribution in [1.29, 1.82) is 0 Å². The minimum Gasteiger partial charge on any atom is -0.351 e. The molecule has 3 aromatic carbocycles. The van der Waals surface area contributed by atoms with E-state index < -0.39 is 11.7 Å². The van der Waals surface area contributed by atoms with E-state index in [0.29, 0.717) is 53.8 Å². The topological polar surface area (TPSA) is 79.6 Å². The number of benzene rings is 3. The number of hydrogen-bond donors (Lipinski definition) is 1. The van der Waals surface area contributed by atoms with Crippen molar-refractivity contribution in [1.82, 2.24) is 19.8 Å². The first kappa shape index (κ1) is 36.6. The van der Waals surface area contributed by atoms with Gasteiger partial charge in [-0.15, -0.1) is 0 Å². The molecule has 0 fully saturated rings. The van der Waals surface area contributed by atoms with Gasteiger partial charge in [-0.2, -0.15) is 18.2 Å². The molecule has 5 rings (SSSR count). The smallest absolute Gasteiger partial charge is 0.351 e. The summed E-state index contributed by atoms with van der Waals surface area (Å²) in [4.78, 5) is 36.4. The Morgan fingerprint density at radius 1 is 1.00 bits per heavy atom. The van der Waals surface area contributed by atoms with Crippen LogP contribution in [0.25, 0.3) is 11.1 Å². The monoisotopic (exact) mass is 705 g/mol. The van der Waals surface area contributed by atoms with Crippen molar-refractivity contribution in [2.24, 2.45) is 4.99 Å². The number of aromatic nitrogens is 2. The van der Waals surface area contributed by atoms with Gasteiger partial charge in [-0.3, -0.25) is 14.6 Å². The van der Waals surface area contributed by atoms with Crippen molar-refractivity contribution in [3.63, 3.8) is 0 Å². The van der Waals surface area contributed by atoms with Gasteiger partial charge >= 0.3 is 6.18 Å². The molecule has 1 amide bonds. The lowest BCUT2D eigenvalue weighted by Crippen LogP contribution is -2.39. The molecule has 1 aliphatic rings. The third kappa shape index (κ3) is 9.09. The Hall–Kier alpha value is -4.71. The van der Waals surface area contributed by atoms with Gasteiger partial charge in [0.05, 0.1) is 18.7 Å². The number of carbonyl (C=O) groups excluding carboxylic acids is 1. The average Bonchev–Trinajstić information content (AvgIpc) is 3.60. The number of allylic oxidation sites excluding steroid dienone is 1. The molecular weight excluding hydrogens is 667 g/mol. The van der Waals surface area contributed by atoms with Crippen molar-refractivity contribution < 1.29 is 22.4 Å². The standard InChI is InChI=1S/C38H39F4N5O2S/c1-4-6-32(21-44-25(2)48)46(22-26-9-13-28(14-10-26)29-15-17-30(18-16-29)38(40,41)42)35(43-3)23-47-34-8-5-7-33(34)36(49)45-37(47)50-24-27-11-19-31(39)20-12-27/h6,9-20H,4-5,7-8,21-24H2,1-3H3,(H,44,48)/b32-6+,43-35?. The van der Waals surface area contributed by atoms with Crippen LogP contribution in [0.2, 0.25) is 0 Å². The Bertz CT molecular complexity index is 1920. The molecular formula is C38H39F4N5O2S. The lowest BCUT2D eigenvalue weighted by atomic mass is 10.0. The Balaban J connectivity index is 1.48. The van der Waals surface area contributed by atoms with E-state index in [1.807, 2.05) is 37.3 Å². The summed E-state index contributed by atoms with van der Waals surface area (Å²) in [6.45, 7) is 4.43. The summed E-state index contributed by atoms with van der Waals surface area (Å²) >= 11 is 1.41. The highest BCUT2D eigenvalue weighted by Crippen LogP contribution is 2.32. The van der Waals surface area contributed by atoms with Crippen LogP contribution in [0.4, 0.5) is 17.6 Å². The lowest BCUT2D eigenvalue weighted by Gasteiger charge is -2.31. The van der Waals surface area contributed by atoms with E-state index in [1.165, 1.54) is 43.0 Å². The number of amides is 1. The number of carbonyl (C=O) groups is 1. The van der Waals surface area contributed by atoms with Gasteiger partial charge in [0.15, 0.2) is 5.16 Å². The quantitative estimate of drug-likeness (QED) is 0.0535. The number of thioether (sulfide) groups is 1. The fourth-order valence-corrected chi connectivity index (χ4v) is 6.90. The number of hydrogen-bond acceptors (Lipinski definition) is 5. The second-order valence-electron chi connectivity index (χ2n) is 12.0. The molecule has 0 bridgehead atoms. The van der Waals surface area contributed by atoms with E-state index in [-0.39, 0.29) is 23.8 Å². The Kier molecular flexibility index (Phi) is 11.9. The van der Waals surface area contributed by atoms with Crippen molar-refractivity contribution in [2.45, 2.75) is 69.7 Å². The fraction of sp³-hybridized carbons (Fsp3) is 0.316. The van der Waals surface area contributed by atoms with Crippen LogP contribution in [-0.4, -0.2) is 39.8 Å².